The fourth-order valence-corrected chi connectivity index (χ4v) is 6.61. The highest BCUT2D eigenvalue weighted by Crippen LogP contribution is 2.46. The zero-order chi connectivity index (χ0) is 26.5. The molecule has 0 bridgehead atoms. The highest BCUT2D eigenvalue weighted by Gasteiger charge is 2.49. The van der Waals surface area contributed by atoms with E-state index in [0.29, 0.717) is 31.5 Å². The van der Waals surface area contributed by atoms with Gasteiger partial charge in [0.05, 0.1) is 11.5 Å². The number of hydrogen-bond donors (Lipinski definition) is 3. The lowest BCUT2D eigenvalue weighted by atomic mass is 9.63. The van der Waals surface area contributed by atoms with Crippen molar-refractivity contribution in [2.24, 2.45) is 11.3 Å². The molecule has 2 amide bonds. The van der Waals surface area contributed by atoms with E-state index in [1.54, 1.807) is 12.1 Å². The molecular formula is C30H47FN4O2. The molecule has 4 rings (SSSR count). The van der Waals surface area contributed by atoms with Crippen molar-refractivity contribution in [2.45, 2.75) is 103 Å². The maximum absolute atomic E-state index is 13.8. The highest BCUT2D eigenvalue weighted by molar-refractivity contribution is 5.85. The molecule has 2 heterocycles. The third-order valence-electron chi connectivity index (χ3n) is 8.72. The smallest absolute Gasteiger partial charge is 0.240 e. The van der Waals surface area contributed by atoms with E-state index in [2.05, 4.69) is 16.0 Å². The number of amides is 2. The SMILES string of the molecule is CC(C)(C)NC(=O)C1(C2CCCCC2)CCN(C(=O)[C@@H](Cc2ccc(F)cc2)NCC2CCCN2)CC1. The third kappa shape index (κ3) is 7.32. The summed E-state index contributed by atoms with van der Waals surface area (Å²) in [5, 5.41) is 10.3. The van der Waals surface area contributed by atoms with E-state index in [4.69, 9.17) is 0 Å². The van der Waals surface area contributed by atoms with Gasteiger partial charge in [-0.15, -0.1) is 0 Å². The molecule has 6 nitrogen and oxygen atoms in total. The Kier molecular flexibility index (Phi) is 9.28. The summed E-state index contributed by atoms with van der Waals surface area (Å²) < 4.78 is 13.5. The molecule has 3 N–H and O–H groups in total. The van der Waals surface area contributed by atoms with Gasteiger partial charge in [0.25, 0.3) is 0 Å². The first kappa shape index (κ1) is 28.0. The lowest BCUT2D eigenvalue weighted by molar-refractivity contribution is -0.147. The van der Waals surface area contributed by atoms with Crippen LogP contribution in [0, 0.1) is 17.2 Å². The Morgan fingerprint density at radius 1 is 1.05 bits per heavy atom. The molecule has 7 heteroatoms. The summed E-state index contributed by atoms with van der Waals surface area (Å²) in [6, 6.07) is 6.48. The largest absolute Gasteiger partial charge is 0.351 e. The van der Waals surface area contributed by atoms with Crippen LogP contribution >= 0.6 is 0 Å². The highest BCUT2D eigenvalue weighted by atomic mass is 19.1. The number of nitrogens with zero attached hydrogens (tertiary/aromatic N) is 1. The van der Waals surface area contributed by atoms with Gasteiger partial charge in [-0.25, -0.2) is 4.39 Å². The summed E-state index contributed by atoms with van der Waals surface area (Å²) in [6.07, 6.45) is 10.1. The van der Waals surface area contributed by atoms with Crippen LogP contribution in [0.25, 0.3) is 0 Å². The second kappa shape index (κ2) is 12.2. The van der Waals surface area contributed by atoms with Crippen molar-refractivity contribution in [3.05, 3.63) is 35.6 Å². The Morgan fingerprint density at radius 2 is 1.73 bits per heavy atom. The first-order valence-corrected chi connectivity index (χ1v) is 14.5. The van der Waals surface area contributed by atoms with Gasteiger partial charge in [-0.1, -0.05) is 31.4 Å². The number of likely N-dealkylation sites (tertiary alicyclic amines) is 1. The fourth-order valence-electron chi connectivity index (χ4n) is 6.61. The molecular weight excluding hydrogens is 467 g/mol. The molecule has 0 radical (unpaired) electrons. The lowest BCUT2D eigenvalue weighted by Crippen LogP contribution is -2.59. The van der Waals surface area contributed by atoms with Gasteiger partial charge in [0.2, 0.25) is 11.8 Å². The minimum absolute atomic E-state index is 0.0933. The number of rotatable bonds is 8. The first-order valence-electron chi connectivity index (χ1n) is 14.5. The molecule has 3 aliphatic rings. The van der Waals surface area contributed by atoms with Gasteiger partial charge < -0.3 is 20.9 Å². The van der Waals surface area contributed by atoms with Gasteiger partial charge in [0.1, 0.15) is 5.82 Å². The van der Waals surface area contributed by atoms with Crippen molar-refractivity contribution in [3.8, 4) is 0 Å². The molecule has 2 saturated heterocycles. The molecule has 1 aromatic carbocycles. The Labute approximate surface area is 222 Å². The molecule has 2 aliphatic heterocycles. The molecule has 1 unspecified atom stereocenters. The van der Waals surface area contributed by atoms with E-state index in [1.807, 2.05) is 25.7 Å². The van der Waals surface area contributed by atoms with Crippen molar-refractivity contribution >= 4 is 11.8 Å². The number of halogens is 1. The number of benzene rings is 1. The number of piperidine rings is 1. The fraction of sp³-hybridized carbons (Fsp3) is 0.733. The number of hydrogen-bond acceptors (Lipinski definition) is 4. The van der Waals surface area contributed by atoms with Crippen LogP contribution in [0.2, 0.25) is 0 Å². The van der Waals surface area contributed by atoms with Gasteiger partial charge >= 0.3 is 0 Å². The average molecular weight is 515 g/mol. The van der Waals surface area contributed by atoms with Gasteiger partial charge in [0, 0.05) is 31.2 Å². The van der Waals surface area contributed by atoms with E-state index in [1.165, 1.54) is 31.4 Å². The molecule has 2 atom stereocenters. The van der Waals surface area contributed by atoms with Crippen LogP contribution < -0.4 is 16.0 Å². The van der Waals surface area contributed by atoms with Crippen molar-refractivity contribution in [1.82, 2.24) is 20.9 Å². The zero-order valence-corrected chi connectivity index (χ0v) is 23.1. The van der Waals surface area contributed by atoms with Gasteiger partial charge in [-0.05, 0) is 95.9 Å². The second-order valence-electron chi connectivity index (χ2n) is 12.6. The average Bonchev–Trinajstić information content (AvgIpc) is 3.40. The number of carbonyl (C=O) groups is 2. The summed E-state index contributed by atoms with van der Waals surface area (Å²) in [5.74, 6) is 0.392. The van der Waals surface area contributed by atoms with E-state index < -0.39 is 5.41 Å². The summed E-state index contributed by atoms with van der Waals surface area (Å²) in [6.45, 7) is 9.11. The van der Waals surface area contributed by atoms with Crippen LogP contribution in [0.1, 0.15) is 84.1 Å². The monoisotopic (exact) mass is 514 g/mol. The van der Waals surface area contributed by atoms with Gasteiger partial charge in [0.15, 0.2) is 0 Å². The van der Waals surface area contributed by atoms with Gasteiger partial charge in [-0.2, -0.15) is 0 Å². The molecule has 0 aromatic heterocycles. The van der Waals surface area contributed by atoms with Crippen molar-refractivity contribution in [1.29, 1.82) is 0 Å². The molecule has 1 aromatic rings. The third-order valence-corrected chi connectivity index (χ3v) is 8.72. The predicted octanol–water partition coefficient (Wildman–Crippen LogP) is 4.18. The zero-order valence-electron chi connectivity index (χ0n) is 23.1. The Hall–Kier alpha value is -1.99. The Morgan fingerprint density at radius 3 is 2.32 bits per heavy atom. The molecule has 0 spiro atoms. The standard InChI is InChI=1S/C30H47FN4O2/c1-29(2,3)34-28(37)30(23-8-5-4-6-9-23)15-18-35(19-16-30)27(36)26(33-21-25-10-7-17-32-25)20-22-11-13-24(31)14-12-22/h11-14,23,25-26,32-33H,4-10,15-21H2,1-3H3,(H,34,37)/t25?,26-/m1/s1. The van der Waals surface area contributed by atoms with E-state index >= 15 is 0 Å². The van der Waals surface area contributed by atoms with Crippen LogP contribution in [-0.2, 0) is 16.0 Å². The predicted molar refractivity (Wildman–Crippen MR) is 146 cm³/mol. The normalized spacial score (nSPS) is 23.6. The van der Waals surface area contributed by atoms with Crippen molar-refractivity contribution < 1.29 is 14.0 Å². The summed E-state index contributed by atoms with van der Waals surface area (Å²) in [7, 11) is 0. The molecule has 1 aliphatic carbocycles. The van der Waals surface area contributed by atoms with Crippen LogP contribution in [0.5, 0.6) is 0 Å². The topological polar surface area (TPSA) is 73.5 Å². The summed E-state index contributed by atoms with van der Waals surface area (Å²) in [4.78, 5) is 29.5. The summed E-state index contributed by atoms with van der Waals surface area (Å²) >= 11 is 0. The van der Waals surface area contributed by atoms with E-state index in [0.717, 1.165) is 57.2 Å². The Bertz CT molecular complexity index is 893. The maximum Gasteiger partial charge on any atom is 0.240 e. The first-order chi connectivity index (χ1) is 17.7. The second-order valence-corrected chi connectivity index (χ2v) is 12.6. The van der Waals surface area contributed by atoms with Crippen LogP contribution in [0.3, 0.4) is 0 Å². The molecule has 3 fully saturated rings. The van der Waals surface area contributed by atoms with Crippen molar-refractivity contribution in [2.75, 3.05) is 26.2 Å². The number of carbonyl (C=O) groups excluding carboxylic acids is 2. The van der Waals surface area contributed by atoms with Crippen LogP contribution in [0.15, 0.2) is 24.3 Å². The minimum Gasteiger partial charge on any atom is -0.351 e. The molecule has 206 valence electrons. The molecule has 1 saturated carbocycles. The quantitative estimate of drug-likeness (QED) is 0.487. The van der Waals surface area contributed by atoms with Crippen LogP contribution in [0.4, 0.5) is 4.39 Å². The maximum atomic E-state index is 13.8. The number of nitrogens with one attached hydrogen (secondary N) is 3. The van der Waals surface area contributed by atoms with E-state index in [-0.39, 0.29) is 29.2 Å². The lowest BCUT2D eigenvalue weighted by Gasteiger charge is -2.48. The summed E-state index contributed by atoms with van der Waals surface area (Å²) in [5.41, 5.74) is 0.284. The van der Waals surface area contributed by atoms with E-state index in [9.17, 15) is 14.0 Å². The van der Waals surface area contributed by atoms with Gasteiger partial charge in [-0.3, -0.25) is 9.59 Å². The minimum atomic E-state index is -0.391. The molecule has 37 heavy (non-hydrogen) atoms. The Balaban J connectivity index is 1.46. The van der Waals surface area contributed by atoms with Crippen LogP contribution in [-0.4, -0.2) is 60.5 Å². The van der Waals surface area contributed by atoms with Crippen molar-refractivity contribution in [3.63, 3.8) is 0 Å².